The van der Waals surface area contributed by atoms with Crippen molar-refractivity contribution in [2.45, 2.75) is 19.3 Å². The van der Waals surface area contributed by atoms with Crippen molar-refractivity contribution in [3.63, 3.8) is 0 Å². The molecule has 2 heterocycles. The third kappa shape index (κ3) is 4.01. The molecule has 7 nitrogen and oxygen atoms in total. The van der Waals surface area contributed by atoms with Crippen LogP contribution in [0.25, 0.3) is 10.2 Å². The second-order valence-corrected chi connectivity index (χ2v) is 8.88. The van der Waals surface area contributed by atoms with Crippen molar-refractivity contribution in [1.82, 2.24) is 9.88 Å². The van der Waals surface area contributed by atoms with Crippen LogP contribution in [0.15, 0.2) is 60.7 Å². The predicted molar refractivity (Wildman–Crippen MR) is 121 cm³/mol. The van der Waals surface area contributed by atoms with E-state index in [4.69, 9.17) is 4.74 Å². The fourth-order valence-corrected chi connectivity index (χ4v) is 5.04. The SMILES string of the molecule is O=C(CCN1C(=O)[C@H]2CC=CC[C@@H]2C1=O)Nc1nc2ccc(Oc3ccccc3)cc2s1. The quantitative estimate of drug-likeness (QED) is 0.448. The third-order valence-electron chi connectivity index (χ3n) is 5.75. The average Bonchev–Trinajstić information content (AvgIpc) is 3.31. The van der Waals surface area contributed by atoms with E-state index < -0.39 is 0 Å². The molecule has 8 heteroatoms. The van der Waals surface area contributed by atoms with Gasteiger partial charge in [-0.2, -0.15) is 0 Å². The number of thiazole rings is 1. The predicted octanol–water partition coefficient (Wildman–Crippen LogP) is 4.37. The number of anilines is 1. The van der Waals surface area contributed by atoms with Gasteiger partial charge in [-0.15, -0.1) is 0 Å². The van der Waals surface area contributed by atoms with E-state index in [2.05, 4.69) is 10.3 Å². The Hall–Kier alpha value is -3.52. The number of benzene rings is 2. The van der Waals surface area contributed by atoms with Gasteiger partial charge in [-0.1, -0.05) is 41.7 Å². The molecule has 3 aromatic rings. The zero-order valence-corrected chi connectivity index (χ0v) is 18.0. The van der Waals surface area contributed by atoms with Crippen molar-refractivity contribution in [2.75, 3.05) is 11.9 Å². The molecule has 1 aromatic heterocycles. The molecule has 1 aliphatic heterocycles. The molecule has 2 aliphatic rings. The molecule has 0 bridgehead atoms. The van der Waals surface area contributed by atoms with E-state index in [1.807, 2.05) is 60.7 Å². The Morgan fingerprint density at radius 2 is 1.75 bits per heavy atom. The van der Waals surface area contributed by atoms with Crippen molar-refractivity contribution in [3.05, 3.63) is 60.7 Å². The highest BCUT2D eigenvalue weighted by Gasteiger charge is 2.46. The number of hydrogen-bond donors (Lipinski definition) is 1. The molecule has 1 saturated heterocycles. The smallest absolute Gasteiger partial charge is 0.233 e. The Kier molecular flexibility index (Phi) is 5.45. The van der Waals surface area contributed by atoms with Crippen molar-refractivity contribution in [3.8, 4) is 11.5 Å². The lowest BCUT2D eigenvalue weighted by atomic mass is 9.85. The minimum atomic E-state index is -0.279. The van der Waals surface area contributed by atoms with Crippen molar-refractivity contribution >= 4 is 44.4 Å². The largest absolute Gasteiger partial charge is 0.457 e. The van der Waals surface area contributed by atoms with Crippen molar-refractivity contribution in [1.29, 1.82) is 0 Å². The number of ether oxygens (including phenoxy) is 1. The van der Waals surface area contributed by atoms with Gasteiger partial charge >= 0.3 is 0 Å². The Morgan fingerprint density at radius 3 is 2.47 bits per heavy atom. The van der Waals surface area contributed by atoms with Crippen LogP contribution in [-0.4, -0.2) is 34.2 Å². The topological polar surface area (TPSA) is 88.6 Å². The molecule has 0 radical (unpaired) electrons. The van der Waals surface area contributed by atoms with E-state index >= 15 is 0 Å². The first kappa shape index (κ1) is 20.4. The van der Waals surface area contributed by atoms with E-state index in [9.17, 15) is 14.4 Å². The lowest BCUT2D eigenvalue weighted by molar-refractivity contribution is -0.140. The van der Waals surface area contributed by atoms with Gasteiger partial charge in [0.15, 0.2) is 5.13 Å². The van der Waals surface area contributed by atoms with Gasteiger partial charge in [-0.3, -0.25) is 19.3 Å². The summed E-state index contributed by atoms with van der Waals surface area (Å²) >= 11 is 1.35. The summed E-state index contributed by atoms with van der Waals surface area (Å²) in [5, 5.41) is 3.25. The minimum absolute atomic E-state index is 0.0443. The van der Waals surface area contributed by atoms with Gasteiger partial charge in [0.25, 0.3) is 0 Å². The lowest BCUT2D eigenvalue weighted by Crippen LogP contribution is -2.34. The van der Waals surface area contributed by atoms with Gasteiger partial charge in [0.1, 0.15) is 11.5 Å². The number of rotatable bonds is 6. The molecule has 32 heavy (non-hydrogen) atoms. The summed E-state index contributed by atoms with van der Waals surface area (Å²) in [6.45, 7) is 0.0937. The summed E-state index contributed by atoms with van der Waals surface area (Å²) in [4.78, 5) is 43.2. The number of hydrogen-bond acceptors (Lipinski definition) is 6. The maximum Gasteiger partial charge on any atom is 0.233 e. The van der Waals surface area contributed by atoms with Gasteiger partial charge in [0.05, 0.1) is 22.1 Å². The van der Waals surface area contributed by atoms with Crippen LogP contribution < -0.4 is 10.1 Å². The molecular formula is C24H21N3O4S. The van der Waals surface area contributed by atoms with Gasteiger partial charge in [0, 0.05) is 19.0 Å². The zero-order valence-electron chi connectivity index (χ0n) is 17.2. The van der Waals surface area contributed by atoms with Crippen LogP contribution in [0.4, 0.5) is 5.13 Å². The maximum absolute atomic E-state index is 12.5. The number of allylic oxidation sites excluding steroid dienone is 2. The van der Waals surface area contributed by atoms with Crippen LogP contribution in [0.3, 0.4) is 0 Å². The van der Waals surface area contributed by atoms with E-state index in [1.165, 1.54) is 16.2 Å². The number of amides is 3. The van der Waals surface area contributed by atoms with Gasteiger partial charge in [-0.25, -0.2) is 4.98 Å². The van der Waals surface area contributed by atoms with Crippen LogP contribution in [0.1, 0.15) is 19.3 Å². The molecular weight excluding hydrogens is 426 g/mol. The molecule has 0 saturated carbocycles. The summed E-state index contributed by atoms with van der Waals surface area (Å²) in [6, 6.07) is 15.1. The number of carbonyl (C=O) groups excluding carboxylic acids is 3. The third-order valence-corrected chi connectivity index (χ3v) is 6.68. The summed E-state index contributed by atoms with van der Waals surface area (Å²) in [7, 11) is 0. The number of fused-ring (bicyclic) bond motifs is 2. The Morgan fingerprint density at radius 1 is 1.03 bits per heavy atom. The number of imide groups is 1. The van der Waals surface area contributed by atoms with E-state index in [0.29, 0.717) is 23.7 Å². The molecule has 1 N–H and O–H groups in total. The van der Waals surface area contributed by atoms with Crippen molar-refractivity contribution < 1.29 is 19.1 Å². The highest BCUT2D eigenvalue weighted by Crippen LogP contribution is 2.35. The number of nitrogens with one attached hydrogen (secondary N) is 1. The summed E-state index contributed by atoms with van der Waals surface area (Å²) in [6.07, 6.45) is 5.14. The second kappa shape index (κ2) is 8.55. The molecule has 0 spiro atoms. The van der Waals surface area contributed by atoms with Crippen LogP contribution in [0.5, 0.6) is 11.5 Å². The lowest BCUT2D eigenvalue weighted by Gasteiger charge is -2.14. The standard InChI is InChI=1S/C24H21N3O4S/c28-21(12-13-27-22(29)17-8-4-5-9-18(17)23(27)30)26-24-25-19-11-10-16(14-20(19)32-24)31-15-6-2-1-3-7-15/h1-7,10-11,14,17-18H,8-9,12-13H2,(H,25,26,28)/t17-,18-/m0/s1. The zero-order chi connectivity index (χ0) is 22.1. The molecule has 0 unspecified atom stereocenters. The fraction of sp³-hybridized carbons (Fsp3) is 0.250. The molecule has 3 amide bonds. The number of para-hydroxylation sites is 1. The molecule has 1 fully saturated rings. The van der Waals surface area contributed by atoms with Crippen LogP contribution in [0, 0.1) is 11.8 Å². The Bertz CT molecular complexity index is 1190. The Labute approximate surface area is 188 Å². The molecule has 1 aliphatic carbocycles. The van der Waals surface area contributed by atoms with Gasteiger partial charge in [-0.05, 0) is 37.1 Å². The number of carbonyl (C=O) groups is 3. The van der Waals surface area contributed by atoms with E-state index in [0.717, 1.165) is 16.0 Å². The monoisotopic (exact) mass is 447 g/mol. The first-order chi connectivity index (χ1) is 15.6. The average molecular weight is 448 g/mol. The van der Waals surface area contributed by atoms with Gasteiger partial charge < -0.3 is 10.1 Å². The number of aromatic nitrogens is 1. The van der Waals surface area contributed by atoms with E-state index in [1.54, 1.807) is 0 Å². The second-order valence-electron chi connectivity index (χ2n) is 7.85. The van der Waals surface area contributed by atoms with Crippen molar-refractivity contribution in [2.24, 2.45) is 11.8 Å². The van der Waals surface area contributed by atoms with E-state index in [-0.39, 0.29) is 42.5 Å². The summed E-state index contributed by atoms with van der Waals surface area (Å²) < 4.78 is 6.73. The van der Waals surface area contributed by atoms with Crippen LogP contribution >= 0.6 is 11.3 Å². The Balaban J connectivity index is 1.20. The highest BCUT2D eigenvalue weighted by atomic mass is 32.1. The normalized spacial score (nSPS) is 19.9. The molecule has 162 valence electrons. The van der Waals surface area contributed by atoms with Gasteiger partial charge in [0.2, 0.25) is 17.7 Å². The molecule has 2 aromatic carbocycles. The summed E-state index contributed by atoms with van der Waals surface area (Å²) in [5.41, 5.74) is 0.757. The minimum Gasteiger partial charge on any atom is -0.457 e. The first-order valence-corrected chi connectivity index (χ1v) is 11.3. The van der Waals surface area contributed by atoms with Crippen LogP contribution in [0.2, 0.25) is 0 Å². The summed E-state index contributed by atoms with van der Waals surface area (Å²) in [5.74, 6) is 0.280. The fourth-order valence-electron chi connectivity index (χ4n) is 4.13. The molecule has 2 atom stereocenters. The first-order valence-electron chi connectivity index (χ1n) is 10.5. The highest BCUT2D eigenvalue weighted by molar-refractivity contribution is 7.22. The molecule has 5 rings (SSSR count). The maximum atomic E-state index is 12.5. The van der Waals surface area contributed by atoms with Crippen LogP contribution in [-0.2, 0) is 14.4 Å². The number of likely N-dealkylation sites (tertiary alicyclic amines) is 1. The number of nitrogens with zero attached hydrogens (tertiary/aromatic N) is 2.